The van der Waals surface area contributed by atoms with E-state index in [-0.39, 0.29) is 24.7 Å². The first-order valence-electron chi connectivity index (χ1n) is 10.8. The maximum atomic E-state index is 12.7. The first-order chi connectivity index (χ1) is 16.1. The number of fused-ring (bicyclic) bond motifs is 1. The van der Waals surface area contributed by atoms with Crippen LogP contribution < -0.4 is 10.1 Å². The lowest BCUT2D eigenvalue weighted by Crippen LogP contribution is -2.29. The molecule has 3 aromatic rings. The summed E-state index contributed by atoms with van der Waals surface area (Å²) < 4.78 is 10.9. The third-order valence-electron chi connectivity index (χ3n) is 4.97. The van der Waals surface area contributed by atoms with Crippen LogP contribution in [0, 0.1) is 0 Å². The lowest BCUT2D eigenvalue weighted by molar-refractivity contribution is -0.139. The van der Waals surface area contributed by atoms with Crippen LogP contribution in [-0.2, 0) is 14.3 Å². The van der Waals surface area contributed by atoms with Crippen molar-refractivity contribution in [3.63, 3.8) is 0 Å². The number of benzene rings is 2. The molecule has 0 saturated carbocycles. The Balaban J connectivity index is 0.000000302. The van der Waals surface area contributed by atoms with E-state index in [1.807, 2.05) is 75.4 Å². The summed E-state index contributed by atoms with van der Waals surface area (Å²) in [6, 6.07) is 16.4. The SMILES string of the molecule is COc1ccc2cc(C(=O)OC(C)(C)C)c(-c3ccccc3)nc2c1.O=C1CN[C@H](C(=O)O)C1. The van der Waals surface area contributed by atoms with Crippen molar-refractivity contribution in [2.75, 3.05) is 13.7 Å². The van der Waals surface area contributed by atoms with Crippen LogP contribution in [0.1, 0.15) is 37.6 Å². The van der Waals surface area contributed by atoms with E-state index in [4.69, 9.17) is 19.6 Å². The zero-order chi connectivity index (χ0) is 24.9. The number of aliphatic carboxylic acids is 1. The van der Waals surface area contributed by atoms with Crippen LogP contribution in [0.15, 0.2) is 54.6 Å². The second kappa shape index (κ2) is 10.4. The fraction of sp³-hybridized carbons (Fsp3) is 0.308. The molecule has 0 spiro atoms. The van der Waals surface area contributed by atoms with Crippen LogP contribution in [0.3, 0.4) is 0 Å². The standard InChI is InChI=1S/C21H21NO3.C5H7NO3/c1-21(2,3)25-20(23)17-12-15-10-11-16(24-4)13-18(15)22-19(17)14-8-6-5-7-9-14;7-3-1-4(5(8)9)6-2-3/h5-13H,1-4H3;4,6H,1-2H2,(H,8,9)/t;4-/m.0/s1. The molecule has 178 valence electrons. The van der Waals surface area contributed by atoms with Gasteiger partial charge in [-0.3, -0.25) is 14.9 Å². The van der Waals surface area contributed by atoms with Gasteiger partial charge in [-0.1, -0.05) is 30.3 Å². The van der Waals surface area contributed by atoms with Gasteiger partial charge in [0.05, 0.1) is 30.4 Å². The van der Waals surface area contributed by atoms with E-state index in [0.717, 1.165) is 22.2 Å². The van der Waals surface area contributed by atoms with Crippen LogP contribution in [0.2, 0.25) is 0 Å². The predicted octanol–water partition coefficient (Wildman–Crippen LogP) is 3.87. The number of hydrogen-bond acceptors (Lipinski definition) is 7. The van der Waals surface area contributed by atoms with Gasteiger partial charge in [-0.2, -0.15) is 0 Å². The molecule has 0 aliphatic carbocycles. The molecule has 2 aromatic carbocycles. The predicted molar refractivity (Wildman–Crippen MR) is 128 cm³/mol. The number of methoxy groups -OCH3 is 1. The fourth-order valence-corrected chi connectivity index (χ4v) is 3.36. The summed E-state index contributed by atoms with van der Waals surface area (Å²) in [7, 11) is 1.62. The van der Waals surface area contributed by atoms with Crippen molar-refractivity contribution < 1.29 is 29.0 Å². The molecule has 1 aliphatic rings. The molecule has 1 aliphatic heterocycles. The van der Waals surface area contributed by atoms with E-state index >= 15 is 0 Å². The summed E-state index contributed by atoms with van der Waals surface area (Å²) >= 11 is 0. The number of ether oxygens (including phenoxy) is 2. The van der Waals surface area contributed by atoms with E-state index in [1.54, 1.807) is 7.11 Å². The number of hydrogen-bond donors (Lipinski definition) is 2. The van der Waals surface area contributed by atoms with Crippen LogP contribution in [-0.4, -0.2) is 53.1 Å². The van der Waals surface area contributed by atoms with Crippen LogP contribution in [0.4, 0.5) is 0 Å². The Bertz CT molecular complexity index is 1200. The number of nitrogens with one attached hydrogen (secondary N) is 1. The number of ketones is 1. The van der Waals surface area contributed by atoms with E-state index in [9.17, 15) is 14.4 Å². The number of carboxylic acid groups (broad SMARTS) is 1. The number of carboxylic acids is 1. The maximum absolute atomic E-state index is 12.7. The molecule has 8 nitrogen and oxygen atoms in total. The summed E-state index contributed by atoms with van der Waals surface area (Å²) in [5.74, 6) is -0.621. The maximum Gasteiger partial charge on any atom is 0.340 e. The highest BCUT2D eigenvalue weighted by atomic mass is 16.6. The van der Waals surface area contributed by atoms with Gasteiger partial charge in [0.15, 0.2) is 0 Å². The summed E-state index contributed by atoms with van der Waals surface area (Å²) in [4.78, 5) is 38.0. The average molecular weight is 465 g/mol. The van der Waals surface area contributed by atoms with Crippen molar-refractivity contribution >= 4 is 28.6 Å². The van der Waals surface area contributed by atoms with Crippen molar-refractivity contribution in [1.29, 1.82) is 0 Å². The molecular formula is C26H28N2O6. The Morgan fingerprint density at radius 1 is 1.09 bits per heavy atom. The monoisotopic (exact) mass is 464 g/mol. The van der Waals surface area contributed by atoms with Crippen molar-refractivity contribution in [3.05, 3.63) is 60.2 Å². The summed E-state index contributed by atoms with van der Waals surface area (Å²) in [6.07, 6.45) is 0.134. The normalized spacial score (nSPS) is 15.4. The highest BCUT2D eigenvalue weighted by molar-refractivity contribution is 6.00. The van der Waals surface area contributed by atoms with Gasteiger partial charge >= 0.3 is 11.9 Å². The number of carbonyl (C=O) groups is 3. The molecule has 0 radical (unpaired) electrons. The molecule has 8 heteroatoms. The van der Waals surface area contributed by atoms with Crippen LogP contribution in [0.25, 0.3) is 22.2 Å². The number of nitrogens with zero attached hydrogens (tertiary/aromatic N) is 1. The Morgan fingerprint density at radius 2 is 1.79 bits per heavy atom. The number of esters is 1. The highest BCUT2D eigenvalue weighted by Crippen LogP contribution is 2.29. The minimum atomic E-state index is -0.944. The fourth-order valence-electron chi connectivity index (χ4n) is 3.36. The molecule has 4 rings (SSSR count). The topological polar surface area (TPSA) is 115 Å². The smallest absolute Gasteiger partial charge is 0.340 e. The van der Waals surface area contributed by atoms with Gasteiger partial charge in [0, 0.05) is 23.4 Å². The minimum Gasteiger partial charge on any atom is -0.497 e. The number of pyridine rings is 1. The van der Waals surface area contributed by atoms with Crippen molar-refractivity contribution in [2.24, 2.45) is 0 Å². The van der Waals surface area contributed by atoms with Gasteiger partial charge in [0.25, 0.3) is 0 Å². The largest absolute Gasteiger partial charge is 0.497 e. The van der Waals surface area contributed by atoms with Crippen molar-refractivity contribution in [2.45, 2.75) is 38.8 Å². The lowest BCUT2D eigenvalue weighted by Gasteiger charge is -2.20. The Kier molecular flexibility index (Phi) is 7.63. The molecule has 1 fully saturated rings. The van der Waals surface area contributed by atoms with Crippen LogP contribution in [0.5, 0.6) is 5.75 Å². The molecule has 2 N–H and O–H groups in total. The van der Waals surface area contributed by atoms with Gasteiger partial charge < -0.3 is 14.6 Å². The summed E-state index contributed by atoms with van der Waals surface area (Å²) in [6.45, 7) is 5.77. The third-order valence-corrected chi connectivity index (χ3v) is 4.97. The second-order valence-corrected chi connectivity index (χ2v) is 8.83. The molecule has 1 saturated heterocycles. The van der Waals surface area contributed by atoms with E-state index in [2.05, 4.69) is 5.32 Å². The van der Waals surface area contributed by atoms with Gasteiger partial charge in [-0.25, -0.2) is 9.78 Å². The first-order valence-corrected chi connectivity index (χ1v) is 10.8. The number of carbonyl (C=O) groups excluding carboxylic acids is 2. The van der Waals surface area contributed by atoms with Gasteiger partial charge in [0.1, 0.15) is 23.2 Å². The second-order valence-electron chi connectivity index (χ2n) is 8.83. The first kappa shape index (κ1) is 24.9. The van der Waals surface area contributed by atoms with Gasteiger partial charge in [0.2, 0.25) is 0 Å². The van der Waals surface area contributed by atoms with Gasteiger partial charge in [-0.15, -0.1) is 0 Å². The Hall–Kier alpha value is -3.78. The molecule has 2 heterocycles. The zero-order valence-electron chi connectivity index (χ0n) is 19.6. The third kappa shape index (κ3) is 6.39. The molecule has 0 unspecified atom stereocenters. The van der Waals surface area contributed by atoms with Gasteiger partial charge in [-0.05, 0) is 39.0 Å². The molecular weight excluding hydrogens is 436 g/mol. The molecule has 0 bridgehead atoms. The Labute approximate surface area is 197 Å². The summed E-state index contributed by atoms with van der Waals surface area (Å²) in [5, 5.41) is 11.7. The molecule has 34 heavy (non-hydrogen) atoms. The Morgan fingerprint density at radius 3 is 2.32 bits per heavy atom. The van der Waals surface area contributed by atoms with E-state index in [0.29, 0.717) is 11.3 Å². The average Bonchev–Trinajstić information content (AvgIpc) is 3.24. The van der Waals surface area contributed by atoms with E-state index < -0.39 is 17.6 Å². The molecule has 1 aromatic heterocycles. The molecule has 0 amide bonds. The van der Waals surface area contributed by atoms with E-state index in [1.165, 1.54) is 0 Å². The number of Topliss-reactive ketones (excluding diaryl/α,β-unsaturated/α-hetero) is 1. The summed E-state index contributed by atoms with van der Waals surface area (Å²) in [5.41, 5.74) is 2.13. The number of rotatable bonds is 4. The molecule has 1 atom stereocenters. The zero-order valence-corrected chi connectivity index (χ0v) is 19.6. The lowest BCUT2D eigenvalue weighted by atomic mass is 10.0. The van der Waals surface area contributed by atoms with Crippen LogP contribution >= 0.6 is 0 Å². The minimum absolute atomic E-state index is 0.0256. The van der Waals surface area contributed by atoms with Crippen molar-refractivity contribution in [3.8, 4) is 17.0 Å². The number of aromatic nitrogens is 1. The highest BCUT2D eigenvalue weighted by Gasteiger charge is 2.26. The van der Waals surface area contributed by atoms with Crippen molar-refractivity contribution in [1.82, 2.24) is 10.3 Å². The quantitative estimate of drug-likeness (QED) is 0.559.